The minimum atomic E-state index is -0.582. The molecule has 0 aliphatic carbocycles. The molecule has 0 saturated carbocycles. The van der Waals surface area contributed by atoms with E-state index in [4.69, 9.17) is 0 Å². The van der Waals surface area contributed by atoms with Crippen LogP contribution < -0.4 is 10.2 Å². The second-order valence-electron chi connectivity index (χ2n) is 7.99. The molecule has 4 rings (SSSR count). The van der Waals surface area contributed by atoms with Crippen LogP contribution in [0.3, 0.4) is 0 Å². The number of nitrogens with one attached hydrogen (secondary N) is 1. The molecule has 29 heavy (non-hydrogen) atoms. The number of rotatable bonds is 6. The second kappa shape index (κ2) is 8.49. The van der Waals surface area contributed by atoms with Crippen LogP contribution in [0.25, 0.3) is 0 Å². The summed E-state index contributed by atoms with van der Waals surface area (Å²) in [4.78, 5) is 43.7. The summed E-state index contributed by atoms with van der Waals surface area (Å²) in [6.07, 6.45) is 4.62. The largest absolute Gasteiger partial charge is 0.355 e. The molecule has 2 fully saturated rings. The maximum Gasteiger partial charge on any atom is 0.256 e. The molecule has 0 bridgehead atoms. The summed E-state index contributed by atoms with van der Waals surface area (Å²) in [5, 5.41) is 2.88. The first-order valence-corrected chi connectivity index (χ1v) is 10.5. The maximum atomic E-state index is 13.8. The van der Waals surface area contributed by atoms with E-state index in [2.05, 4.69) is 10.2 Å². The van der Waals surface area contributed by atoms with Crippen LogP contribution in [0.2, 0.25) is 0 Å². The third-order valence-corrected chi connectivity index (χ3v) is 6.02. The lowest BCUT2D eigenvalue weighted by Crippen LogP contribution is -2.48. The van der Waals surface area contributed by atoms with Crippen molar-refractivity contribution in [3.8, 4) is 0 Å². The predicted molar refractivity (Wildman–Crippen MR) is 106 cm³/mol. The van der Waals surface area contributed by atoms with E-state index >= 15 is 0 Å². The molecule has 0 aromatic heterocycles. The highest BCUT2D eigenvalue weighted by Crippen LogP contribution is 2.32. The minimum absolute atomic E-state index is 0.143. The van der Waals surface area contributed by atoms with E-state index in [0.717, 1.165) is 38.5 Å². The number of likely N-dealkylation sites (tertiary alicyclic amines) is 1. The van der Waals surface area contributed by atoms with Crippen LogP contribution in [0, 0.1) is 5.82 Å². The molecule has 0 radical (unpaired) electrons. The Morgan fingerprint density at radius 1 is 1.14 bits per heavy atom. The number of amides is 3. The first-order chi connectivity index (χ1) is 14.0. The Labute approximate surface area is 169 Å². The van der Waals surface area contributed by atoms with E-state index in [1.54, 1.807) is 0 Å². The van der Waals surface area contributed by atoms with Crippen LogP contribution in [0.5, 0.6) is 0 Å². The zero-order valence-electron chi connectivity index (χ0n) is 16.5. The summed E-state index contributed by atoms with van der Waals surface area (Å²) in [7, 11) is 0. The first-order valence-electron chi connectivity index (χ1n) is 10.5. The van der Waals surface area contributed by atoms with Gasteiger partial charge in [0, 0.05) is 13.1 Å². The molecule has 0 unspecified atom stereocenters. The summed E-state index contributed by atoms with van der Waals surface area (Å²) in [5.41, 5.74) is 0.451. The third kappa shape index (κ3) is 4.12. The zero-order chi connectivity index (χ0) is 20.4. The van der Waals surface area contributed by atoms with Crippen LogP contribution >= 0.6 is 0 Å². The van der Waals surface area contributed by atoms with E-state index in [9.17, 15) is 18.8 Å². The van der Waals surface area contributed by atoms with Crippen molar-refractivity contribution in [2.75, 3.05) is 44.2 Å². The summed E-state index contributed by atoms with van der Waals surface area (Å²) in [6.45, 7) is 4.05. The highest BCUT2D eigenvalue weighted by molar-refractivity contribution is 6.12. The number of anilines is 1. The van der Waals surface area contributed by atoms with Crippen molar-refractivity contribution in [1.82, 2.24) is 15.1 Å². The number of hydrogen-bond acceptors (Lipinski definition) is 4. The average molecular weight is 402 g/mol. The molecular weight excluding hydrogens is 375 g/mol. The molecule has 8 heteroatoms. The molecule has 3 heterocycles. The molecule has 1 atom stereocenters. The lowest BCUT2D eigenvalue weighted by molar-refractivity contribution is -0.125. The van der Waals surface area contributed by atoms with Gasteiger partial charge in [0.2, 0.25) is 11.8 Å². The Bertz CT molecular complexity index is 809. The van der Waals surface area contributed by atoms with E-state index in [-0.39, 0.29) is 29.8 Å². The van der Waals surface area contributed by atoms with Crippen molar-refractivity contribution in [1.29, 1.82) is 0 Å². The predicted octanol–water partition coefficient (Wildman–Crippen LogP) is 1.38. The molecule has 1 N–H and O–H groups in total. The minimum Gasteiger partial charge on any atom is -0.355 e. The second-order valence-corrected chi connectivity index (χ2v) is 7.99. The van der Waals surface area contributed by atoms with Gasteiger partial charge in [-0.2, -0.15) is 0 Å². The van der Waals surface area contributed by atoms with Gasteiger partial charge in [0.1, 0.15) is 18.4 Å². The van der Waals surface area contributed by atoms with Gasteiger partial charge in [-0.3, -0.25) is 14.4 Å². The van der Waals surface area contributed by atoms with Gasteiger partial charge in [0.15, 0.2) is 0 Å². The normalized spacial score (nSPS) is 21.9. The van der Waals surface area contributed by atoms with Gasteiger partial charge in [-0.25, -0.2) is 4.39 Å². The number of nitrogens with zero attached hydrogens (tertiary/aromatic N) is 3. The third-order valence-electron chi connectivity index (χ3n) is 6.02. The fourth-order valence-electron chi connectivity index (χ4n) is 4.53. The Morgan fingerprint density at radius 2 is 1.93 bits per heavy atom. The summed E-state index contributed by atoms with van der Waals surface area (Å²) >= 11 is 0. The van der Waals surface area contributed by atoms with Crippen molar-refractivity contribution >= 4 is 23.4 Å². The monoisotopic (exact) mass is 402 g/mol. The van der Waals surface area contributed by atoms with Gasteiger partial charge < -0.3 is 20.0 Å². The van der Waals surface area contributed by atoms with Crippen molar-refractivity contribution in [3.63, 3.8) is 0 Å². The summed E-state index contributed by atoms with van der Waals surface area (Å²) in [5.74, 6) is -1.42. The van der Waals surface area contributed by atoms with Crippen LogP contribution in [-0.4, -0.2) is 72.8 Å². The topological polar surface area (TPSA) is 73.0 Å². The number of carbonyl (C=O) groups is 3. The first kappa shape index (κ1) is 19.8. The SMILES string of the molecule is O=C(CN1C(=O)[C@@H]2CCCN2C(=O)c2cc(F)ccc21)NCCCN1CCCC1. The highest BCUT2D eigenvalue weighted by atomic mass is 19.1. The fraction of sp³-hybridized carbons (Fsp3) is 0.571. The molecule has 3 amide bonds. The van der Waals surface area contributed by atoms with E-state index < -0.39 is 11.9 Å². The highest BCUT2D eigenvalue weighted by Gasteiger charge is 2.42. The number of hydrogen-bond donors (Lipinski definition) is 1. The lowest BCUT2D eigenvalue weighted by atomic mass is 10.1. The van der Waals surface area contributed by atoms with Crippen molar-refractivity contribution < 1.29 is 18.8 Å². The molecule has 1 aromatic rings. The van der Waals surface area contributed by atoms with Gasteiger partial charge in [0.25, 0.3) is 5.91 Å². The lowest BCUT2D eigenvalue weighted by Gasteiger charge is -2.25. The molecule has 3 aliphatic heterocycles. The van der Waals surface area contributed by atoms with Crippen molar-refractivity contribution in [3.05, 3.63) is 29.6 Å². The maximum absolute atomic E-state index is 13.8. The van der Waals surface area contributed by atoms with E-state index in [1.807, 2.05) is 0 Å². The summed E-state index contributed by atoms with van der Waals surface area (Å²) in [6, 6.07) is 3.22. The Kier molecular flexibility index (Phi) is 5.80. The zero-order valence-corrected chi connectivity index (χ0v) is 16.5. The van der Waals surface area contributed by atoms with Gasteiger partial charge in [-0.1, -0.05) is 0 Å². The number of fused-ring (bicyclic) bond motifs is 2. The Morgan fingerprint density at radius 3 is 2.72 bits per heavy atom. The standard InChI is InChI=1S/C21H27FN4O3/c22-15-6-7-17-16(13-15)20(28)25-12-3-5-18(25)21(29)26(17)14-19(27)23-8-4-11-24-9-1-2-10-24/h6-7,13,18H,1-5,8-12,14H2,(H,23,27)/t18-/m0/s1. The smallest absolute Gasteiger partial charge is 0.256 e. The molecule has 7 nitrogen and oxygen atoms in total. The average Bonchev–Trinajstić information content (AvgIpc) is 3.39. The Balaban J connectivity index is 1.44. The molecule has 2 saturated heterocycles. The van der Waals surface area contributed by atoms with E-state index in [0.29, 0.717) is 25.2 Å². The van der Waals surface area contributed by atoms with Crippen LogP contribution in [0.4, 0.5) is 10.1 Å². The van der Waals surface area contributed by atoms with Crippen molar-refractivity contribution in [2.24, 2.45) is 0 Å². The molecule has 1 aromatic carbocycles. The quantitative estimate of drug-likeness (QED) is 0.730. The number of halogens is 1. The number of carbonyl (C=O) groups excluding carboxylic acids is 3. The van der Waals surface area contributed by atoms with Gasteiger partial charge >= 0.3 is 0 Å². The molecule has 3 aliphatic rings. The number of benzene rings is 1. The molecular formula is C21H27FN4O3. The molecule has 156 valence electrons. The van der Waals surface area contributed by atoms with Gasteiger partial charge in [-0.05, 0) is 69.9 Å². The van der Waals surface area contributed by atoms with Gasteiger partial charge in [-0.15, -0.1) is 0 Å². The van der Waals surface area contributed by atoms with Crippen LogP contribution in [0.1, 0.15) is 42.5 Å². The Hall–Kier alpha value is -2.48. The van der Waals surface area contributed by atoms with E-state index in [1.165, 1.54) is 34.8 Å². The van der Waals surface area contributed by atoms with Gasteiger partial charge in [0.05, 0.1) is 11.3 Å². The summed E-state index contributed by atoms with van der Waals surface area (Å²) < 4.78 is 13.8. The molecule has 0 spiro atoms. The fourth-order valence-corrected chi connectivity index (χ4v) is 4.53. The van der Waals surface area contributed by atoms with Crippen molar-refractivity contribution in [2.45, 2.75) is 38.1 Å². The van der Waals surface area contributed by atoms with Crippen LogP contribution in [-0.2, 0) is 9.59 Å². The van der Waals surface area contributed by atoms with Crippen LogP contribution in [0.15, 0.2) is 18.2 Å².